The Morgan fingerprint density at radius 2 is 1.98 bits per heavy atom. The van der Waals surface area contributed by atoms with Crippen molar-refractivity contribution in [1.82, 2.24) is 19.5 Å². The van der Waals surface area contributed by atoms with Gasteiger partial charge in [0.1, 0.15) is 18.1 Å². The molecule has 0 amide bonds. The van der Waals surface area contributed by atoms with Crippen LogP contribution < -0.4 is 11.5 Å². The van der Waals surface area contributed by atoms with Gasteiger partial charge in [-0.25, -0.2) is 15.0 Å². The molecule has 1 aliphatic rings. The van der Waals surface area contributed by atoms with Crippen molar-refractivity contribution in [3.8, 4) is 0 Å². The second-order valence-electron chi connectivity index (χ2n) is 10.2. The van der Waals surface area contributed by atoms with Crippen LogP contribution in [-0.2, 0) is 29.7 Å². The number of benzene rings is 1. The maximum atomic E-state index is 12.6. The van der Waals surface area contributed by atoms with Crippen molar-refractivity contribution in [3.63, 3.8) is 0 Å². The number of hydrogen-bond donors (Lipinski definition) is 3. The molecule has 1 aromatic carbocycles. The van der Waals surface area contributed by atoms with Crippen LogP contribution in [-0.4, -0.2) is 68.1 Å². The van der Waals surface area contributed by atoms with Gasteiger partial charge in [0.15, 0.2) is 16.6 Å². The minimum atomic E-state index is -3.31. The Morgan fingerprint density at radius 3 is 2.62 bits per heavy atom. The van der Waals surface area contributed by atoms with Gasteiger partial charge in [-0.05, 0) is 25.8 Å². The first-order chi connectivity index (χ1) is 19.0. The zero-order chi connectivity index (χ0) is 29.3. The lowest BCUT2D eigenvalue weighted by atomic mass is 9.97. The van der Waals surface area contributed by atoms with Gasteiger partial charge in [-0.1, -0.05) is 49.0 Å². The second kappa shape index (κ2) is 14.5. The standard InChI is InChI=1S/C19H30N5O6PS.C7H9N/c1-12-7-13(30-17(12)24-11-23-14-15(20)21-10-22-16(14)24)8-29-31(4,27)28-5-6-32-18(26)19(2,3)9-25;8-6-7-4-2-1-3-5-7/h10-13,17,25H,5-9H2,1-4H3,(H2,20,21,22);1-5H,6,8H2. The van der Waals surface area contributed by atoms with Gasteiger partial charge >= 0.3 is 7.60 Å². The van der Waals surface area contributed by atoms with Crippen LogP contribution in [0.15, 0.2) is 43.0 Å². The van der Waals surface area contributed by atoms with Gasteiger partial charge < -0.3 is 30.4 Å². The van der Waals surface area contributed by atoms with Gasteiger partial charge in [-0.15, -0.1) is 0 Å². The number of aliphatic hydroxyl groups is 1. The summed E-state index contributed by atoms with van der Waals surface area (Å²) in [5.41, 5.74) is 12.7. The van der Waals surface area contributed by atoms with E-state index < -0.39 is 13.0 Å². The van der Waals surface area contributed by atoms with Crippen LogP contribution >= 0.6 is 19.4 Å². The van der Waals surface area contributed by atoms with Crippen molar-refractivity contribution in [2.75, 3.05) is 38.0 Å². The molecule has 0 saturated carbocycles. The zero-order valence-electron chi connectivity index (χ0n) is 23.3. The molecule has 5 N–H and O–H groups in total. The first-order valence-electron chi connectivity index (χ1n) is 12.9. The predicted molar refractivity (Wildman–Crippen MR) is 156 cm³/mol. The number of carbonyl (C=O) groups excluding carboxylic acids is 1. The average molecular weight is 595 g/mol. The highest BCUT2D eigenvalue weighted by Gasteiger charge is 2.36. The van der Waals surface area contributed by atoms with Gasteiger partial charge in [-0.2, -0.15) is 0 Å². The van der Waals surface area contributed by atoms with Crippen molar-refractivity contribution >= 4 is 41.5 Å². The monoisotopic (exact) mass is 594 g/mol. The molecule has 0 radical (unpaired) electrons. The van der Waals surface area contributed by atoms with E-state index >= 15 is 0 Å². The fourth-order valence-electron chi connectivity index (χ4n) is 3.89. The number of rotatable bonds is 11. The average Bonchev–Trinajstić information content (AvgIpc) is 3.54. The fourth-order valence-corrected chi connectivity index (χ4v) is 5.75. The SMILES string of the molecule is CC1CC(COP(C)(=O)OCCSC(=O)C(C)(C)CO)OC1n1cnc2c(N)ncnc21.NCc1ccccc1. The molecule has 14 heteroatoms. The Bertz CT molecular complexity index is 1290. The lowest BCUT2D eigenvalue weighted by Gasteiger charge is -2.20. The number of anilines is 1. The summed E-state index contributed by atoms with van der Waals surface area (Å²) in [5.74, 6) is 0.774. The lowest BCUT2D eigenvalue weighted by molar-refractivity contribution is -0.119. The molecule has 0 bridgehead atoms. The summed E-state index contributed by atoms with van der Waals surface area (Å²) in [4.78, 5) is 24.5. The number of nitrogen functional groups attached to an aromatic ring is 1. The van der Waals surface area contributed by atoms with Crippen LogP contribution in [0.2, 0.25) is 0 Å². The van der Waals surface area contributed by atoms with Crippen molar-refractivity contribution in [3.05, 3.63) is 48.5 Å². The van der Waals surface area contributed by atoms with Gasteiger partial charge in [-0.3, -0.25) is 13.9 Å². The number of aliphatic hydroxyl groups excluding tert-OH is 1. The maximum Gasteiger partial charge on any atom is 0.327 e. The second-order valence-corrected chi connectivity index (χ2v) is 13.3. The van der Waals surface area contributed by atoms with Crippen LogP contribution in [0.1, 0.15) is 39.0 Å². The first kappa shape index (κ1) is 32.1. The van der Waals surface area contributed by atoms with Gasteiger partial charge in [0.25, 0.3) is 0 Å². The number of hydrogen-bond acceptors (Lipinski definition) is 12. The highest BCUT2D eigenvalue weighted by molar-refractivity contribution is 8.13. The van der Waals surface area contributed by atoms with Crippen molar-refractivity contribution in [2.45, 2.75) is 46.1 Å². The van der Waals surface area contributed by atoms with Crippen LogP contribution in [0, 0.1) is 11.3 Å². The lowest BCUT2D eigenvalue weighted by Crippen LogP contribution is -2.26. The molecule has 12 nitrogen and oxygen atoms in total. The summed E-state index contributed by atoms with van der Waals surface area (Å²) in [6.45, 7) is 7.40. The predicted octanol–water partition coefficient (Wildman–Crippen LogP) is 3.61. The molecule has 4 atom stereocenters. The molecule has 1 fully saturated rings. The topological polar surface area (TPSA) is 178 Å². The summed E-state index contributed by atoms with van der Waals surface area (Å²) >= 11 is 1.04. The fraction of sp³-hybridized carbons (Fsp3) is 0.538. The molecule has 220 valence electrons. The number of fused-ring (bicyclic) bond motifs is 1. The van der Waals surface area contributed by atoms with Crippen LogP contribution in [0.3, 0.4) is 0 Å². The summed E-state index contributed by atoms with van der Waals surface area (Å²) < 4.78 is 31.4. The number of carbonyl (C=O) groups is 1. The highest BCUT2D eigenvalue weighted by atomic mass is 32.2. The van der Waals surface area contributed by atoms with E-state index in [0.717, 1.165) is 11.8 Å². The third kappa shape index (κ3) is 8.81. The molecule has 1 aliphatic heterocycles. The molecule has 40 heavy (non-hydrogen) atoms. The number of aromatic nitrogens is 4. The minimum absolute atomic E-state index is 0.0956. The molecular formula is C26H39N6O6PS. The van der Waals surface area contributed by atoms with E-state index in [-0.39, 0.29) is 43.2 Å². The molecule has 3 aromatic rings. The third-order valence-electron chi connectivity index (χ3n) is 6.28. The Hall–Kier alpha value is -2.38. The quantitative estimate of drug-likeness (QED) is 0.217. The van der Waals surface area contributed by atoms with E-state index in [4.69, 9.17) is 25.3 Å². The molecule has 2 aromatic heterocycles. The van der Waals surface area contributed by atoms with E-state index in [9.17, 15) is 14.5 Å². The minimum Gasteiger partial charge on any atom is -0.395 e. The Morgan fingerprint density at radius 1 is 1.25 bits per heavy atom. The number of thioether (sulfide) groups is 1. The van der Waals surface area contributed by atoms with Crippen molar-refractivity contribution < 1.29 is 28.3 Å². The van der Waals surface area contributed by atoms with Crippen LogP contribution in [0.25, 0.3) is 11.2 Å². The first-order valence-corrected chi connectivity index (χ1v) is 15.9. The maximum absolute atomic E-state index is 12.6. The van der Waals surface area contributed by atoms with E-state index in [2.05, 4.69) is 15.0 Å². The van der Waals surface area contributed by atoms with E-state index in [1.165, 1.54) is 18.6 Å². The van der Waals surface area contributed by atoms with E-state index in [0.29, 0.717) is 35.7 Å². The zero-order valence-corrected chi connectivity index (χ0v) is 25.0. The van der Waals surface area contributed by atoms with Crippen LogP contribution in [0.5, 0.6) is 0 Å². The normalized spacial score (nSPS) is 20.6. The summed E-state index contributed by atoms with van der Waals surface area (Å²) in [6.07, 6.45) is 3.13. The molecular weight excluding hydrogens is 555 g/mol. The molecule has 0 spiro atoms. The third-order valence-corrected chi connectivity index (χ3v) is 8.73. The molecule has 3 heterocycles. The molecule has 4 unspecified atom stereocenters. The Balaban J connectivity index is 0.000000472. The van der Waals surface area contributed by atoms with Crippen molar-refractivity contribution in [2.24, 2.45) is 17.1 Å². The van der Waals surface area contributed by atoms with Crippen LogP contribution in [0.4, 0.5) is 5.82 Å². The van der Waals surface area contributed by atoms with Crippen molar-refractivity contribution in [1.29, 1.82) is 0 Å². The summed E-state index contributed by atoms with van der Waals surface area (Å²) in [5, 5.41) is 9.08. The van der Waals surface area contributed by atoms with Gasteiger partial charge in [0.2, 0.25) is 0 Å². The smallest absolute Gasteiger partial charge is 0.327 e. The summed E-state index contributed by atoms with van der Waals surface area (Å²) in [6, 6.07) is 9.99. The van der Waals surface area contributed by atoms with E-state index in [1.54, 1.807) is 20.2 Å². The number of ether oxygens (including phenoxy) is 1. The highest BCUT2D eigenvalue weighted by Crippen LogP contribution is 2.45. The number of nitrogens with zero attached hydrogens (tertiary/aromatic N) is 4. The Labute approximate surface area is 238 Å². The molecule has 0 aliphatic carbocycles. The molecule has 1 saturated heterocycles. The summed E-state index contributed by atoms with van der Waals surface area (Å²) in [7, 11) is -3.31. The van der Waals surface area contributed by atoms with E-state index in [1.807, 2.05) is 41.8 Å². The number of imidazole rings is 1. The Kier molecular flexibility index (Phi) is 11.6. The molecule has 4 rings (SSSR count). The van der Waals surface area contributed by atoms with Gasteiger partial charge in [0.05, 0.1) is 37.7 Å². The van der Waals surface area contributed by atoms with Gasteiger partial charge in [0, 0.05) is 24.9 Å². The largest absolute Gasteiger partial charge is 0.395 e. The number of nitrogens with two attached hydrogens (primary N) is 2.